The molecule has 6 nitrogen and oxygen atoms in total. The van der Waals surface area contributed by atoms with Crippen molar-refractivity contribution in [1.29, 1.82) is 0 Å². The topological polar surface area (TPSA) is 95.5 Å². The molecule has 0 bridgehead atoms. The molecule has 0 aromatic heterocycles. The molecule has 0 radical (unpaired) electrons. The van der Waals surface area contributed by atoms with Crippen LogP contribution in [0.2, 0.25) is 0 Å². The molecule has 0 aromatic rings. The SMILES string of the molecule is CC(C)C(C)NC(=O)CSCC(NC=O)C(=O)O. The highest BCUT2D eigenvalue weighted by molar-refractivity contribution is 8.00. The smallest absolute Gasteiger partial charge is 0.327 e. The summed E-state index contributed by atoms with van der Waals surface area (Å²) in [4.78, 5) is 32.4. The van der Waals surface area contributed by atoms with Crippen LogP contribution in [0.25, 0.3) is 0 Å². The van der Waals surface area contributed by atoms with Gasteiger partial charge in [-0.2, -0.15) is 0 Å². The fourth-order valence-electron chi connectivity index (χ4n) is 1.00. The summed E-state index contributed by atoms with van der Waals surface area (Å²) in [7, 11) is 0. The molecule has 0 aliphatic carbocycles. The summed E-state index contributed by atoms with van der Waals surface area (Å²) < 4.78 is 0. The number of aliphatic carboxylic acids is 1. The second-order valence-electron chi connectivity index (χ2n) is 4.29. The van der Waals surface area contributed by atoms with Gasteiger partial charge in [0.25, 0.3) is 0 Å². The van der Waals surface area contributed by atoms with E-state index in [2.05, 4.69) is 10.6 Å². The molecule has 0 rings (SSSR count). The maximum absolute atomic E-state index is 11.5. The third kappa shape index (κ3) is 7.16. The fourth-order valence-corrected chi connectivity index (χ4v) is 1.87. The lowest BCUT2D eigenvalue weighted by Crippen LogP contribution is -2.39. The van der Waals surface area contributed by atoms with E-state index in [-0.39, 0.29) is 23.5 Å². The van der Waals surface area contributed by atoms with Crippen LogP contribution in [0.3, 0.4) is 0 Å². The Bertz CT molecular complexity index is 297. The molecule has 0 saturated heterocycles. The average molecular weight is 276 g/mol. The van der Waals surface area contributed by atoms with Gasteiger partial charge < -0.3 is 15.7 Å². The first-order chi connectivity index (χ1) is 8.38. The number of carbonyl (C=O) groups excluding carboxylic acids is 2. The summed E-state index contributed by atoms with van der Waals surface area (Å²) in [6.07, 6.45) is 0.347. The number of carboxylic acids is 1. The summed E-state index contributed by atoms with van der Waals surface area (Å²) in [6, 6.07) is -0.871. The van der Waals surface area contributed by atoms with Gasteiger partial charge in [0.2, 0.25) is 12.3 Å². The van der Waals surface area contributed by atoms with E-state index in [1.807, 2.05) is 20.8 Å². The number of hydrogen-bond donors (Lipinski definition) is 3. The highest BCUT2D eigenvalue weighted by Gasteiger charge is 2.17. The maximum atomic E-state index is 11.5. The monoisotopic (exact) mass is 276 g/mol. The highest BCUT2D eigenvalue weighted by atomic mass is 32.2. The summed E-state index contributed by atoms with van der Waals surface area (Å²) in [5.74, 6) is -0.539. The molecule has 104 valence electrons. The van der Waals surface area contributed by atoms with Crippen LogP contribution in [0.1, 0.15) is 20.8 Å². The Hall–Kier alpha value is -1.24. The van der Waals surface area contributed by atoms with E-state index in [1.54, 1.807) is 0 Å². The van der Waals surface area contributed by atoms with Gasteiger partial charge in [-0.05, 0) is 12.8 Å². The van der Waals surface area contributed by atoms with Crippen LogP contribution in [-0.2, 0) is 14.4 Å². The lowest BCUT2D eigenvalue weighted by atomic mass is 10.1. The van der Waals surface area contributed by atoms with E-state index in [0.29, 0.717) is 12.3 Å². The molecule has 0 aromatic carbocycles. The van der Waals surface area contributed by atoms with Gasteiger partial charge in [0.1, 0.15) is 6.04 Å². The Morgan fingerprint density at radius 1 is 1.33 bits per heavy atom. The molecule has 18 heavy (non-hydrogen) atoms. The lowest BCUT2D eigenvalue weighted by Gasteiger charge is -2.17. The first-order valence-corrected chi connectivity index (χ1v) is 6.83. The zero-order valence-electron chi connectivity index (χ0n) is 10.8. The van der Waals surface area contributed by atoms with Crippen LogP contribution < -0.4 is 10.6 Å². The highest BCUT2D eigenvalue weighted by Crippen LogP contribution is 2.05. The van der Waals surface area contributed by atoms with Gasteiger partial charge in [-0.3, -0.25) is 9.59 Å². The molecule has 2 amide bonds. The summed E-state index contributed by atoms with van der Waals surface area (Å²) >= 11 is 1.18. The van der Waals surface area contributed by atoms with Crippen LogP contribution in [0.4, 0.5) is 0 Å². The van der Waals surface area contributed by atoms with Crippen molar-refractivity contribution in [3.05, 3.63) is 0 Å². The Morgan fingerprint density at radius 2 is 1.94 bits per heavy atom. The number of thioether (sulfide) groups is 1. The minimum absolute atomic E-state index is 0.0847. The normalized spacial score (nSPS) is 13.8. The van der Waals surface area contributed by atoms with Crippen LogP contribution in [-0.4, -0.2) is 47.0 Å². The third-order valence-electron chi connectivity index (χ3n) is 2.47. The quantitative estimate of drug-likeness (QED) is 0.518. The molecule has 0 spiro atoms. The summed E-state index contributed by atoms with van der Waals surface area (Å²) in [5.41, 5.74) is 0. The largest absolute Gasteiger partial charge is 0.480 e. The second-order valence-corrected chi connectivity index (χ2v) is 5.32. The van der Waals surface area contributed by atoms with Gasteiger partial charge >= 0.3 is 5.97 Å². The van der Waals surface area contributed by atoms with Gasteiger partial charge in [0, 0.05) is 11.8 Å². The first-order valence-electron chi connectivity index (χ1n) is 5.68. The van der Waals surface area contributed by atoms with Gasteiger partial charge in [0.05, 0.1) is 5.75 Å². The van der Waals surface area contributed by atoms with E-state index in [1.165, 1.54) is 11.8 Å². The molecule has 7 heteroatoms. The fraction of sp³-hybridized carbons (Fsp3) is 0.727. The lowest BCUT2D eigenvalue weighted by molar-refractivity contribution is -0.139. The van der Waals surface area contributed by atoms with E-state index >= 15 is 0 Å². The Balaban J connectivity index is 3.91. The number of nitrogens with one attached hydrogen (secondary N) is 2. The number of carboxylic acid groups (broad SMARTS) is 1. The van der Waals surface area contributed by atoms with E-state index in [9.17, 15) is 14.4 Å². The number of carbonyl (C=O) groups is 3. The van der Waals surface area contributed by atoms with E-state index in [4.69, 9.17) is 5.11 Å². The van der Waals surface area contributed by atoms with E-state index in [0.717, 1.165) is 0 Å². The molecular formula is C11H20N2O4S. The first kappa shape index (κ1) is 16.8. The van der Waals surface area contributed by atoms with Crippen molar-refractivity contribution in [1.82, 2.24) is 10.6 Å². The Labute approximate surface area is 111 Å². The van der Waals surface area contributed by atoms with Crippen molar-refractivity contribution in [2.75, 3.05) is 11.5 Å². The summed E-state index contributed by atoms with van der Waals surface area (Å²) in [6.45, 7) is 5.93. The van der Waals surface area contributed by atoms with Crippen molar-refractivity contribution in [2.24, 2.45) is 5.92 Å². The van der Waals surface area contributed by atoms with Gasteiger partial charge in [-0.1, -0.05) is 13.8 Å². The van der Waals surface area contributed by atoms with Crippen molar-refractivity contribution >= 4 is 30.0 Å². The van der Waals surface area contributed by atoms with Crippen LogP contribution >= 0.6 is 11.8 Å². The van der Waals surface area contributed by atoms with Crippen molar-refractivity contribution in [3.63, 3.8) is 0 Å². The molecule has 0 fully saturated rings. The van der Waals surface area contributed by atoms with E-state index < -0.39 is 12.0 Å². The maximum Gasteiger partial charge on any atom is 0.327 e. The third-order valence-corrected chi connectivity index (χ3v) is 3.51. The number of rotatable bonds is 9. The molecule has 2 unspecified atom stereocenters. The molecule has 0 aliphatic heterocycles. The number of amides is 2. The van der Waals surface area contributed by atoms with Crippen LogP contribution in [0.15, 0.2) is 0 Å². The molecular weight excluding hydrogens is 256 g/mol. The van der Waals surface area contributed by atoms with Crippen molar-refractivity contribution in [3.8, 4) is 0 Å². The second kappa shape index (κ2) is 8.79. The molecule has 0 heterocycles. The predicted molar refractivity (Wildman–Crippen MR) is 70.4 cm³/mol. The number of hydrogen-bond acceptors (Lipinski definition) is 4. The van der Waals surface area contributed by atoms with Gasteiger partial charge in [-0.25, -0.2) is 4.79 Å². The molecule has 0 saturated carbocycles. The van der Waals surface area contributed by atoms with Crippen LogP contribution in [0, 0.1) is 5.92 Å². The Morgan fingerprint density at radius 3 is 2.39 bits per heavy atom. The Kier molecular flexibility index (Phi) is 8.19. The average Bonchev–Trinajstić information content (AvgIpc) is 2.27. The van der Waals surface area contributed by atoms with Crippen LogP contribution in [0.5, 0.6) is 0 Å². The molecule has 0 aliphatic rings. The molecule has 3 N–H and O–H groups in total. The van der Waals surface area contributed by atoms with Gasteiger partial charge in [0.15, 0.2) is 0 Å². The summed E-state index contributed by atoms with van der Waals surface area (Å²) in [5, 5.41) is 13.8. The zero-order valence-corrected chi connectivity index (χ0v) is 11.6. The predicted octanol–water partition coefficient (Wildman–Crippen LogP) is 0.0795. The minimum Gasteiger partial charge on any atom is -0.480 e. The van der Waals surface area contributed by atoms with Crippen molar-refractivity contribution in [2.45, 2.75) is 32.9 Å². The van der Waals surface area contributed by atoms with Gasteiger partial charge in [-0.15, -0.1) is 11.8 Å². The minimum atomic E-state index is -1.11. The molecule has 2 atom stereocenters. The zero-order chi connectivity index (χ0) is 14.1. The van der Waals surface area contributed by atoms with Crippen molar-refractivity contribution < 1.29 is 19.5 Å². The standard InChI is InChI=1S/C11H20N2O4S/c1-7(2)8(3)13-10(15)5-18-4-9(11(16)17)12-6-14/h6-9H,4-5H2,1-3H3,(H,12,14)(H,13,15)(H,16,17).